The molecule has 1 aliphatic heterocycles. The van der Waals surface area contributed by atoms with Gasteiger partial charge in [0.05, 0.1) is 12.8 Å². The van der Waals surface area contributed by atoms with Gasteiger partial charge in [-0.05, 0) is 18.7 Å². The van der Waals surface area contributed by atoms with Gasteiger partial charge < -0.3 is 19.5 Å². The number of nitrogens with one attached hydrogen (secondary N) is 1. The summed E-state index contributed by atoms with van der Waals surface area (Å²) in [4.78, 5) is 13.4. The summed E-state index contributed by atoms with van der Waals surface area (Å²) in [5.41, 5.74) is 0. The Morgan fingerprint density at radius 1 is 1.24 bits per heavy atom. The molecular weight excluding hydrogens is 266 g/mol. The van der Waals surface area contributed by atoms with Crippen molar-refractivity contribution in [2.24, 2.45) is 0 Å². The lowest BCUT2D eigenvalue weighted by atomic mass is 10.3. The first-order valence-corrected chi connectivity index (χ1v) is 7.41. The molecule has 3 rings (SSSR count). The molecule has 0 radical (unpaired) electrons. The molecule has 2 aromatic heterocycles. The van der Waals surface area contributed by atoms with Gasteiger partial charge >= 0.3 is 0 Å². The molecule has 1 fully saturated rings. The molecule has 6 nitrogen and oxygen atoms in total. The smallest absolute Gasteiger partial charge is 0.134 e. The summed E-state index contributed by atoms with van der Waals surface area (Å²) >= 11 is 0. The number of nitrogens with zero attached hydrogens (tertiary/aromatic N) is 4. The number of aromatic nitrogens is 2. The highest BCUT2D eigenvalue weighted by Crippen LogP contribution is 2.16. The number of furan rings is 1. The second-order valence-corrected chi connectivity index (χ2v) is 5.12. The van der Waals surface area contributed by atoms with Crippen molar-refractivity contribution in [1.82, 2.24) is 14.9 Å². The Kier molecular flexibility index (Phi) is 4.35. The minimum Gasteiger partial charge on any atom is -0.467 e. The SMILES string of the molecule is CCN1CCN(c2cc(NCc3ccco3)ncn2)CC1. The molecule has 0 amide bonds. The van der Waals surface area contributed by atoms with E-state index < -0.39 is 0 Å². The van der Waals surface area contributed by atoms with E-state index in [2.05, 4.69) is 32.0 Å². The average molecular weight is 287 g/mol. The summed E-state index contributed by atoms with van der Waals surface area (Å²) in [6.07, 6.45) is 3.29. The summed E-state index contributed by atoms with van der Waals surface area (Å²) in [7, 11) is 0. The van der Waals surface area contributed by atoms with Crippen molar-refractivity contribution < 1.29 is 4.42 Å². The highest BCUT2D eigenvalue weighted by atomic mass is 16.3. The van der Waals surface area contributed by atoms with Crippen LogP contribution in [0.5, 0.6) is 0 Å². The molecule has 3 heterocycles. The van der Waals surface area contributed by atoms with E-state index >= 15 is 0 Å². The van der Waals surface area contributed by atoms with Crippen LogP contribution in [-0.4, -0.2) is 47.6 Å². The minimum absolute atomic E-state index is 0.632. The van der Waals surface area contributed by atoms with Crippen LogP contribution in [0.15, 0.2) is 35.2 Å². The third kappa shape index (κ3) is 3.52. The van der Waals surface area contributed by atoms with Crippen LogP contribution in [0.2, 0.25) is 0 Å². The quantitative estimate of drug-likeness (QED) is 0.905. The highest BCUT2D eigenvalue weighted by molar-refractivity contribution is 5.48. The lowest BCUT2D eigenvalue weighted by molar-refractivity contribution is 0.270. The summed E-state index contributed by atoms with van der Waals surface area (Å²) in [5, 5.41) is 3.26. The molecule has 1 saturated heterocycles. The van der Waals surface area contributed by atoms with E-state index in [0.717, 1.165) is 50.1 Å². The van der Waals surface area contributed by atoms with Gasteiger partial charge in [-0.15, -0.1) is 0 Å². The molecule has 1 aliphatic rings. The second-order valence-electron chi connectivity index (χ2n) is 5.12. The Hall–Kier alpha value is -2.08. The summed E-state index contributed by atoms with van der Waals surface area (Å²) in [6.45, 7) is 8.17. The maximum absolute atomic E-state index is 5.30. The van der Waals surface area contributed by atoms with E-state index in [4.69, 9.17) is 4.42 Å². The fourth-order valence-corrected chi connectivity index (χ4v) is 2.50. The zero-order valence-corrected chi connectivity index (χ0v) is 12.3. The molecule has 0 aromatic carbocycles. The summed E-state index contributed by atoms with van der Waals surface area (Å²) < 4.78 is 5.30. The van der Waals surface area contributed by atoms with E-state index in [-0.39, 0.29) is 0 Å². The van der Waals surface area contributed by atoms with Crippen molar-refractivity contribution in [1.29, 1.82) is 0 Å². The number of anilines is 2. The average Bonchev–Trinajstić information content (AvgIpc) is 3.07. The zero-order valence-electron chi connectivity index (χ0n) is 12.3. The van der Waals surface area contributed by atoms with Crippen LogP contribution in [0.4, 0.5) is 11.6 Å². The molecule has 2 aromatic rings. The van der Waals surface area contributed by atoms with Crippen LogP contribution < -0.4 is 10.2 Å². The van der Waals surface area contributed by atoms with Crippen molar-refractivity contribution in [3.05, 3.63) is 36.5 Å². The normalized spacial score (nSPS) is 16.1. The Morgan fingerprint density at radius 3 is 2.81 bits per heavy atom. The Morgan fingerprint density at radius 2 is 2.10 bits per heavy atom. The standard InChI is InChI=1S/C15H21N5O/c1-2-19-5-7-20(8-6-19)15-10-14(17-12-18-15)16-11-13-4-3-9-21-13/h3-4,9-10,12H,2,5-8,11H2,1H3,(H,16,17,18). The third-order valence-corrected chi connectivity index (χ3v) is 3.82. The Bertz CT molecular complexity index is 549. The Balaban J connectivity index is 1.60. The molecule has 112 valence electrons. The fraction of sp³-hybridized carbons (Fsp3) is 0.467. The van der Waals surface area contributed by atoms with Crippen molar-refractivity contribution in [3.8, 4) is 0 Å². The van der Waals surface area contributed by atoms with Crippen LogP contribution in [0.25, 0.3) is 0 Å². The van der Waals surface area contributed by atoms with Crippen molar-refractivity contribution in [3.63, 3.8) is 0 Å². The zero-order chi connectivity index (χ0) is 14.5. The number of hydrogen-bond acceptors (Lipinski definition) is 6. The molecule has 0 spiro atoms. The molecule has 0 saturated carbocycles. The number of hydrogen-bond donors (Lipinski definition) is 1. The van der Waals surface area contributed by atoms with Gasteiger partial charge in [0.2, 0.25) is 0 Å². The molecule has 21 heavy (non-hydrogen) atoms. The van der Waals surface area contributed by atoms with E-state index in [1.807, 2.05) is 18.2 Å². The largest absolute Gasteiger partial charge is 0.467 e. The van der Waals surface area contributed by atoms with E-state index in [1.54, 1.807) is 12.6 Å². The molecule has 0 bridgehead atoms. The topological polar surface area (TPSA) is 57.4 Å². The molecule has 1 N–H and O–H groups in total. The first kappa shape index (κ1) is 13.9. The van der Waals surface area contributed by atoms with Crippen molar-refractivity contribution in [2.75, 3.05) is 42.9 Å². The highest BCUT2D eigenvalue weighted by Gasteiger charge is 2.17. The van der Waals surface area contributed by atoms with Gasteiger partial charge in [0, 0.05) is 32.2 Å². The van der Waals surface area contributed by atoms with E-state index in [9.17, 15) is 0 Å². The van der Waals surface area contributed by atoms with Gasteiger partial charge in [-0.2, -0.15) is 0 Å². The predicted molar refractivity (Wildman–Crippen MR) is 82.4 cm³/mol. The van der Waals surface area contributed by atoms with Gasteiger partial charge in [-0.1, -0.05) is 6.92 Å². The first-order chi connectivity index (χ1) is 10.3. The van der Waals surface area contributed by atoms with Gasteiger partial charge in [0.25, 0.3) is 0 Å². The van der Waals surface area contributed by atoms with E-state index in [1.165, 1.54) is 0 Å². The van der Waals surface area contributed by atoms with E-state index in [0.29, 0.717) is 6.54 Å². The lowest BCUT2D eigenvalue weighted by Gasteiger charge is -2.34. The molecule has 0 atom stereocenters. The van der Waals surface area contributed by atoms with Crippen LogP contribution >= 0.6 is 0 Å². The van der Waals surface area contributed by atoms with Crippen molar-refractivity contribution >= 4 is 11.6 Å². The predicted octanol–water partition coefficient (Wildman–Crippen LogP) is 1.82. The van der Waals surface area contributed by atoms with Crippen LogP contribution in [0.3, 0.4) is 0 Å². The lowest BCUT2D eigenvalue weighted by Crippen LogP contribution is -2.46. The Labute approximate surface area is 124 Å². The van der Waals surface area contributed by atoms with Crippen LogP contribution in [-0.2, 0) is 6.54 Å². The number of piperazine rings is 1. The third-order valence-electron chi connectivity index (χ3n) is 3.82. The monoisotopic (exact) mass is 287 g/mol. The number of likely N-dealkylation sites (N-methyl/N-ethyl adjacent to an activating group) is 1. The number of rotatable bonds is 5. The molecule has 6 heteroatoms. The summed E-state index contributed by atoms with van der Waals surface area (Å²) in [6, 6.07) is 5.83. The van der Waals surface area contributed by atoms with Gasteiger partial charge in [0.1, 0.15) is 23.7 Å². The summed E-state index contributed by atoms with van der Waals surface area (Å²) in [5.74, 6) is 2.71. The molecular formula is C15H21N5O. The van der Waals surface area contributed by atoms with Crippen LogP contribution in [0.1, 0.15) is 12.7 Å². The van der Waals surface area contributed by atoms with Crippen molar-refractivity contribution in [2.45, 2.75) is 13.5 Å². The van der Waals surface area contributed by atoms with Gasteiger partial charge in [-0.25, -0.2) is 9.97 Å². The van der Waals surface area contributed by atoms with Gasteiger partial charge in [0.15, 0.2) is 0 Å². The first-order valence-electron chi connectivity index (χ1n) is 7.41. The molecule has 0 aliphatic carbocycles. The second kappa shape index (κ2) is 6.58. The van der Waals surface area contributed by atoms with Crippen LogP contribution in [0, 0.1) is 0 Å². The van der Waals surface area contributed by atoms with Gasteiger partial charge in [-0.3, -0.25) is 0 Å². The maximum atomic E-state index is 5.30. The fourth-order valence-electron chi connectivity index (χ4n) is 2.50. The minimum atomic E-state index is 0.632. The maximum Gasteiger partial charge on any atom is 0.134 e. The molecule has 0 unspecified atom stereocenters.